The van der Waals surface area contributed by atoms with Gasteiger partial charge in [0.1, 0.15) is 11.1 Å². The van der Waals surface area contributed by atoms with Crippen molar-refractivity contribution >= 4 is 22.9 Å². The Bertz CT molecular complexity index is 932. The van der Waals surface area contributed by atoms with Gasteiger partial charge in [-0.1, -0.05) is 12.1 Å². The molecule has 0 unspecified atom stereocenters. The summed E-state index contributed by atoms with van der Waals surface area (Å²) in [7, 11) is 0. The first-order valence-electron chi connectivity index (χ1n) is 6.49. The minimum atomic E-state index is -0.756. The van der Waals surface area contributed by atoms with Crippen molar-refractivity contribution < 1.29 is 19.4 Å². The van der Waals surface area contributed by atoms with Crippen molar-refractivity contribution in [1.82, 2.24) is 0 Å². The first-order chi connectivity index (χ1) is 10.8. The Kier molecular flexibility index (Phi) is 3.03. The maximum atomic E-state index is 12.7. The standard InChI is InChI=1S/C15H8N2O6/c1-7-5-6-10(17(22)23)13-11(7)15(19)12-8(14(13)18)3-2-4-9(12)16(20)21/h2-6H,1H3. The molecular formula is C15H8N2O6. The fourth-order valence-corrected chi connectivity index (χ4v) is 2.75. The van der Waals surface area contributed by atoms with E-state index in [1.807, 2.05) is 0 Å². The zero-order valence-corrected chi connectivity index (χ0v) is 11.7. The SMILES string of the molecule is Cc1ccc([N+](=O)[O-])c2c1C(=O)c1c(cccc1[N+](=O)[O-])C2=O. The molecule has 0 amide bonds. The third kappa shape index (κ3) is 1.92. The van der Waals surface area contributed by atoms with Crippen LogP contribution in [0.5, 0.6) is 0 Å². The second-order valence-corrected chi connectivity index (χ2v) is 5.02. The van der Waals surface area contributed by atoms with Gasteiger partial charge >= 0.3 is 0 Å². The normalized spacial score (nSPS) is 12.6. The highest BCUT2D eigenvalue weighted by Crippen LogP contribution is 2.38. The summed E-state index contributed by atoms with van der Waals surface area (Å²) in [5.41, 5.74) is -1.59. The Morgan fingerprint density at radius 1 is 0.783 bits per heavy atom. The third-order valence-corrected chi connectivity index (χ3v) is 3.75. The van der Waals surface area contributed by atoms with E-state index < -0.39 is 32.8 Å². The molecule has 0 radical (unpaired) electrons. The molecule has 0 N–H and O–H groups in total. The van der Waals surface area contributed by atoms with Crippen LogP contribution in [-0.2, 0) is 0 Å². The van der Waals surface area contributed by atoms with Crippen LogP contribution in [0.15, 0.2) is 30.3 Å². The van der Waals surface area contributed by atoms with Crippen LogP contribution in [-0.4, -0.2) is 21.4 Å². The van der Waals surface area contributed by atoms with Gasteiger partial charge in [0.25, 0.3) is 11.4 Å². The van der Waals surface area contributed by atoms with E-state index in [0.717, 1.165) is 12.1 Å². The average Bonchev–Trinajstić information content (AvgIpc) is 2.51. The lowest BCUT2D eigenvalue weighted by Gasteiger charge is -2.18. The van der Waals surface area contributed by atoms with Gasteiger partial charge in [0.05, 0.1) is 9.85 Å². The summed E-state index contributed by atoms with van der Waals surface area (Å²) in [5, 5.41) is 22.3. The van der Waals surface area contributed by atoms with Crippen molar-refractivity contribution in [2.75, 3.05) is 0 Å². The summed E-state index contributed by atoms with van der Waals surface area (Å²) in [5.74, 6) is -1.50. The summed E-state index contributed by atoms with van der Waals surface area (Å²) in [6.45, 7) is 1.52. The average molecular weight is 312 g/mol. The first-order valence-corrected chi connectivity index (χ1v) is 6.49. The molecule has 2 aromatic rings. The van der Waals surface area contributed by atoms with Gasteiger partial charge in [0.15, 0.2) is 0 Å². The summed E-state index contributed by atoms with van der Waals surface area (Å²) in [6, 6.07) is 6.16. The van der Waals surface area contributed by atoms with Crippen LogP contribution >= 0.6 is 0 Å². The molecule has 114 valence electrons. The number of benzene rings is 2. The van der Waals surface area contributed by atoms with Crippen molar-refractivity contribution in [3.05, 3.63) is 78.4 Å². The highest BCUT2D eigenvalue weighted by Gasteiger charge is 2.40. The van der Waals surface area contributed by atoms with Gasteiger partial charge in [-0.2, -0.15) is 0 Å². The zero-order valence-electron chi connectivity index (χ0n) is 11.7. The van der Waals surface area contributed by atoms with E-state index in [4.69, 9.17) is 0 Å². The number of aryl methyl sites for hydroxylation is 1. The number of rotatable bonds is 2. The molecule has 0 aromatic heterocycles. The second kappa shape index (κ2) is 4.80. The van der Waals surface area contributed by atoms with Crippen LogP contribution in [0.25, 0.3) is 0 Å². The Morgan fingerprint density at radius 2 is 1.39 bits per heavy atom. The smallest absolute Gasteiger partial charge is 0.281 e. The van der Waals surface area contributed by atoms with Crippen LogP contribution < -0.4 is 0 Å². The number of ketones is 2. The third-order valence-electron chi connectivity index (χ3n) is 3.75. The van der Waals surface area contributed by atoms with E-state index in [1.54, 1.807) is 0 Å². The minimum absolute atomic E-state index is 0.147. The van der Waals surface area contributed by atoms with Gasteiger partial charge in [-0.15, -0.1) is 0 Å². The Hall–Kier alpha value is -3.42. The summed E-state index contributed by atoms with van der Waals surface area (Å²) in [6.07, 6.45) is 0. The molecule has 2 aromatic carbocycles. The number of nitrogens with zero attached hydrogens (tertiary/aromatic N) is 2. The molecule has 0 atom stereocenters. The number of hydrogen-bond donors (Lipinski definition) is 0. The number of nitro benzene ring substituents is 2. The van der Waals surface area contributed by atoms with Gasteiger partial charge in [-0.25, -0.2) is 0 Å². The van der Waals surface area contributed by atoms with E-state index in [-0.39, 0.29) is 22.3 Å². The van der Waals surface area contributed by atoms with Gasteiger partial charge in [-0.3, -0.25) is 29.8 Å². The number of carbonyl (C=O) groups excluding carboxylic acids is 2. The monoisotopic (exact) mass is 312 g/mol. The second-order valence-electron chi connectivity index (χ2n) is 5.02. The first kappa shape index (κ1) is 14.5. The van der Waals surface area contributed by atoms with Crippen LogP contribution in [0.2, 0.25) is 0 Å². The number of carbonyl (C=O) groups is 2. The molecule has 23 heavy (non-hydrogen) atoms. The molecular weight excluding hydrogens is 304 g/mol. The molecule has 0 saturated carbocycles. The van der Waals surface area contributed by atoms with E-state index in [9.17, 15) is 29.8 Å². The van der Waals surface area contributed by atoms with Crippen molar-refractivity contribution in [3.63, 3.8) is 0 Å². The molecule has 1 aliphatic rings. The molecule has 8 heteroatoms. The zero-order chi connectivity index (χ0) is 16.9. The van der Waals surface area contributed by atoms with Crippen molar-refractivity contribution in [2.24, 2.45) is 0 Å². The highest BCUT2D eigenvalue weighted by atomic mass is 16.6. The van der Waals surface area contributed by atoms with Crippen molar-refractivity contribution in [3.8, 4) is 0 Å². The largest absolute Gasteiger partial charge is 0.288 e. The molecule has 0 saturated heterocycles. The lowest BCUT2D eigenvalue weighted by Crippen LogP contribution is -2.24. The van der Waals surface area contributed by atoms with E-state index >= 15 is 0 Å². The van der Waals surface area contributed by atoms with Gasteiger partial charge in [-0.05, 0) is 18.6 Å². The van der Waals surface area contributed by atoms with Crippen LogP contribution in [0.3, 0.4) is 0 Å². The number of fused-ring (bicyclic) bond motifs is 2. The Morgan fingerprint density at radius 3 is 2.00 bits per heavy atom. The minimum Gasteiger partial charge on any atom is -0.288 e. The molecule has 0 bridgehead atoms. The predicted octanol–water partition coefficient (Wildman–Crippen LogP) is 2.59. The summed E-state index contributed by atoms with van der Waals surface area (Å²) >= 11 is 0. The molecule has 0 heterocycles. The summed E-state index contributed by atoms with van der Waals surface area (Å²) < 4.78 is 0. The number of hydrogen-bond acceptors (Lipinski definition) is 6. The lowest BCUT2D eigenvalue weighted by atomic mass is 9.80. The predicted molar refractivity (Wildman–Crippen MR) is 77.8 cm³/mol. The van der Waals surface area contributed by atoms with Crippen molar-refractivity contribution in [2.45, 2.75) is 6.92 Å². The van der Waals surface area contributed by atoms with Gasteiger partial charge < -0.3 is 0 Å². The molecule has 0 aliphatic heterocycles. The topological polar surface area (TPSA) is 120 Å². The maximum absolute atomic E-state index is 12.7. The van der Waals surface area contributed by atoms with Crippen molar-refractivity contribution in [1.29, 1.82) is 0 Å². The van der Waals surface area contributed by atoms with Gasteiger partial charge in [0, 0.05) is 23.3 Å². The molecule has 1 aliphatic carbocycles. The summed E-state index contributed by atoms with van der Waals surface area (Å²) in [4.78, 5) is 46.1. The Labute approximate surface area is 128 Å². The number of nitro groups is 2. The maximum Gasteiger partial charge on any atom is 0.281 e. The van der Waals surface area contributed by atoms with Crippen LogP contribution in [0.1, 0.15) is 37.4 Å². The van der Waals surface area contributed by atoms with E-state index in [0.29, 0.717) is 5.56 Å². The molecule has 8 nitrogen and oxygen atoms in total. The molecule has 3 rings (SSSR count). The van der Waals surface area contributed by atoms with Gasteiger partial charge in [0.2, 0.25) is 11.6 Å². The molecule has 0 spiro atoms. The van der Waals surface area contributed by atoms with Crippen LogP contribution in [0.4, 0.5) is 11.4 Å². The Balaban J connectivity index is 2.43. The quantitative estimate of drug-likeness (QED) is 0.529. The van der Waals surface area contributed by atoms with E-state index in [1.165, 1.54) is 25.1 Å². The molecule has 0 fully saturated rings. The van der Waals surface area contributed by atoms with E-state index in [2.05, 4.69) is 0 Å². The van der Waals surface area contributed by atoms with Crippen LogP contribution in [0, 0.1) is 27.2 Å². The highest BCUT2D eigenvalue weighted by molar-refractivity contribution is 6.31. The fourth-order valence-electron chi connectivity index (χ4n) is 2.75. The lowest BCUT2D eigenvalue weighted by molar-refractivity contribution is -0.385. The fraction of sp³-hybridized carbons (Fsp3) is 0.0667.